The fraction of sp³-hybridized carbons (Fsp3) is 0.438. The van der Waals surface area contributed by atoms with E-state index in [4.69, 9.17) is 0 Å². The molecule has 1 amide bonds. The van der Waals surface area contributed by atoms with E-state index in [-0.39, 0.29) is 5.91 Å². The number of rotatable bonds is 4. The zero-order valence-electron chi connectivity index (χ0n) is 11.8. The number of thiophene rings is 1. The van der Waals surface area contributed by atoms with Crippen LogP contribution in [0.15, 0.2) is 29.6 Å². The Bertz CT molecular complexity index is 601. The quantitative estimate of drug-likeness (QED) is 0.938. The van der Waals surface area contributed by atoms with Crippen LogP contribution in [0.5, 0.6) is 0 Å². The molecule has 4 heteroatoms. The van der Waals surface area contributed by atoms with Gasteiger partial charge in [-0.1, -0.05) is 18.2 Å². The van der Waals surface area contributed by atoms with E-state index in [2.05, 4.69) is 35.0 Å². The minimum absolute atomic E-state index is 0.236. The summed E-state index contributed by atoms with van der Waals surface area (Å²) in [4.78, 5) is 14.1. The molecular formula is C16H20N2OS. The normalized spacial score (nSPS) is 18.6. The van der Waals surface area contributed by atoms with Crippen molar-refractivity contribution in [3.8, 4) is 0 Å². The Morgan fingerprint density at radius 1 is 1.45 bits per heavy atom. The predicted molar refractivity (Wildman–Crippen MR) is 83.9 cm³/mol. The van der Waals surface area contributed by atoms with Crippen LogP contribution in [0.25, 0.3) is 10.1 Å². The van der Waals surface area contributed by atoms with Gasteiger partial charge in [0.05, 0.1) is 0 Å². The molecule has 1 aliphatic heterocycles. The molecule has 0 bridgehead atoms. The SMILES string of the molecule is CN(Cc1csc2ccccc12)C(=O)CC1CCCN1. The number of nitrogens with one attached hydrogen (secondary N) is 1. The van der Waals surface area contributed by atoms with Crippen molar-refractivity contribution < 1.29 is 4.79 Å². The summed E-state index contributed by atoms with van der Waals surface area (Å²) >= 11 is 1.75. The summed E-state index contributed by atoms with van der Waals surface area (Å²) < 4.78 is 1.29. The molecule has 1 fully saturated rings. The molecule has 0 spiro atoms. The van der Waals surface area contributed by atoms with Crippen molar-refractivity contribution >= 4 is 27.3 Å². The Kier molecular flexibility index (Phi) is 4.03. The number of carbonyl (C=O) groups is 1. The standard InChI is InChI=1S/C16H20N2OS/c1-18(16(19)9-13-5-4-8-17-13)10-12-11-20-15-7-3-2-6-14(12)15/h2-3,6-7,11,13,17H,4-5,8-10H2,1H3. The molecular weight excluding hydrogens is 268 g/mol. The van der Waals surface area contributed by atoms with E-state index in [9.17, 15) is 4.79 Å². The fourth-order valence-corrected chi connectivity index (χ4v) is 3.75. The second-order valence-electron chi connectivity index (χ2n) is 5.50. The van der Waals surface area contributed by atoms with Gasteiger partial charge >= 0.3 is 0 Å². The van der Waals surface area contributed by atoms with Crippen LogP contribution in [0.3, 0.4) is 0 Å². The van der Waals surface area contributed by atoms with Crippen molar-refractivity contribution in [1.29, 1.82) is 0 Å². The van der Waals surface area contributed by atoms with Crippen molar-refractivity contribution in [2.75, 3.05) is 13.6 Å². The van der Waals surface area contributed by atoms with Crippen molar-refractivity contribution in [3.05, 3.63) is 35.2 Å². The molecule has 20 heavy (non-hydrogen) atoms. The molecule has 0 saturated carbocycles. The summed E-state index contributed by atoms with van der Waals surface area (Å²) in [6, 6.07) is 8.77. The van der Waals surface area contributed by atoms with Gasteiger partial charge in [0.25, 0.3) is 0 Å². The average molecular weight is 288 g/mol. The van der Waals surface area contributed by atoms with Gasteiger partial charge in [-0.05, 0) is 41.8 Å². The van der Waals surface area contributed by atoms with Gasteiger partial charge in [0.15, 0.2) is 0 Å². The van der Waals surface area contributed by atoms with E-state index in [1.54, 1.807) is 11.3 Å². The van der Waals surface area contributed by atoms with Crippen molar-refractivity contribution in [2.24, 2.45) is 0 Å². The monoisotopic (exact) mass is 288 g/mol. The van der Waals surface area contributed by atoms with Crippen molar-refractivity contribution in [2.45, 2.75) is 31.8 Å². The Hall–Kier alpha value is -1.39. The molecule has 3 rings (SSSR count). The van der Waals surface area contributed by atoms with Gasteiger partial charge in [-0.25, -0.2) is 0 Å². The first-order chi connectivity index (χ1) is 9.74. The molecule has 1 N–H and O–H groups in total. The van der Waals surface area contributed by atoms with Crippen LogP contribution in [-0.4, -0.2) is 30.4 Å². The highest BCUT2D eigenvalue weighted by Gasteiger charge is 2.20. The second-order valence-corrected chi connectivity index (χ2v) is 6.42. The minimum Gasteiger partial charge on any atom is -0.341 e. The van der Waals surface area contributed by atoms with Gasteiger partial charge in [0.2, 0.25) is 5.91 Å². The highest BCUT2D eigenvalue weighted by Crippen LogP contribution is 2.26. The fourth-order valence-electron chi connectivity index (χ4n) is 2.80. The lowest BCUT2D eigenvalue weighted by molar-refractivity contribution is -0.130. The number of benzene rings is 1. The molecule has 1 aromatic carbocycles. The average Bonchev–Trinajstić information content (AvgIpc) is 3.09. The smallest absolute Gasteiger partial charge is 0.224 e. The Morgan fingerprint density at radius 2 is 2.30 bits per heavy atom. The largest absolute Gasteiger partial charge is 0.341 e. The topological polar surface area (TPSA) is 32.3 Å². The summed E-state index contributed by atoms with van der Waals surface area (Å²) in [5, 5.41) is 6.83. The van der Waals surface area contributed by atoms with E-state index < -0.39 is 0 Å². The van der Waals surface area contributed by atoms with E-state index in [0.717, 1.165) is 13.0 Å². The van der Waals surface area contributed by atoms with Gasteiger partial charge in [0.1, 0.15) is 0 Å². The minimum atomic E-state index is 0.236. The predicted octanol–water partition coefficient (Wildman–Crippen LogP) is 3.00. The third-order valence-electron chi connectivity index (χ3n) is 3.98. The Balaban J connectivity index is 1.65. The molecule has 1 aromatic heterocycles. The zero-order valence-corrected chi connectivity index (χ0v) is 12.6. The number of fused-ring (bicyclic) bond motifs is 1. The lowest BCUT2D eigenvalue weighted by atomic mass is 10.1. The zero-order chi connectivity index (χ0) is 13.9. The maximum absolute atomic E-state index is 12.3. The summed E-state index contributed by atoms with van der Waals surface area (Å²) in [5.74, 6) is 0.236. The van der Waals surface area contributed by atoms with Gasteiger partial charge in [-0.2, -0.15) is 0 Å². The summed E-state index contributed by atoms with van der Waals surface area (Å²) in [7, 11) is 1.91. The number of amides is 1. The van der Waals surface area contributed by atoms with Gasteiger partial charge in [0, 0.05) is 30.8 Å². The lowest BCUT2D eigenvalue weighted by Gasteiger charge is -2.19. The van der Waals surface area contributed by atoms with Crippen LogP contribution >= 0.6 is 11.3 Å². The van der Waals surface area contributed by atoms with Crippen molar-refractivity contribution in [3.63, 3.8) is 0 Å². The van der Waals surface area contributed by atoms with E-state index in [1.165, 1.54) is 22.1 Å². The lowest BCUT2D eigenvalue weighted by Crippen LogP contribution is -2.33. The van der Waals surface area contributed by atoms with Crippen LogP contribution < -0.4 is 5.32 Å². The molecule has 3 nitrogen and oxygen atoms in total. The summed E-state index contributed by atoms with van der Waals surface area (Å²) in [6.45, 7) is 1.76. The molecule has 1 aliphatic rings. The molecule has 1 saturated heterocycles. The van der Waals surface area contributed by atoms with Crippen LogP contribution in [0.1, 0.15) is 24.8 Å². The highest BCUT2D eigenvalue weighted by molar-refractivity contribution is 7.17. The molecule has 0 aliphatic carbocycles. The van der Waals surface area contributed by atoms with Gasteiger partial charge < -0.3 is 10.2 Å². The maximum atomic E-state index is 12.3. The third kappa shape index (κ3) is 2.86. The Morgan fingerprint density at radius 3 is 3.10 bits per heavy atom. The van der Waals surface area contributed by atoms with Crippen LogP contribution in [0.2, 0.25) is 0 Å². The first kappa shape index (κ1) is 13.6. The first-order valence-electron chi connectivity index (χ1n) is 7.16. The summed E-state index contributed by atoms with van der Waals surface area (Å²) in [5.41, 5.74) is 1.25. The maximum Gasteiger partial charge on any atom is 0.224 e. The first-order valence-corrected chi connectivity index (χ1v) is 8.04. The number of hydrogen-bond donors (Lipinski definition) is 1. The number of carbonyl (C=O) groups excluding carboxylic acids is 1. The van der Waals surface area contributed by atoms with Gasteiger partial charge in [-0.15, -0.1) is 11.3 Å². The van der Waals surface area contributed by atoms with Gasteiger partial charge in [-0.3, -0.25) is 4.79 Å². The number of hydrogen-bond acceptors (Lipinski definition) is 3. The molecule has 2 aromatic rings. The number of nitrogens with zero attached hydrogens (tertiary/aromatic N) is 1. The van der Waals surface area contributed by atoms with E-state index in [0.29, 0.717) is 19.0 Å². The molecule has 2 heterocycles. The molecule has 106 valence electrons. The van der Waals surface area contributed by atoms with Crippen LogP contribution in [-0.2, 0) is 11.3 Å². The summed E-state index contributed by atoms with van der Waals surface area (Å²) in [6.07, 6.45) is 2.94. The highest BCUT2D eigenvalue weighted by atomic mass is 32.1. The van der Waals surface area contributed by atoms with E-state index in [1.807, 2.05) is 11.9 Å². The van der Waals surface area contributed by atoms with E-state index >= 15 is 0 Å². The molecule has 0 radical (unpaired) electrons. The molecule has 1 atom stereocenters. The third-order valence-corrected chi connectivity index (χ3v) is 4.99. The molecule has 1 unspecified atom stereocenters. The van der Waals surface area contributed by atoms with Crippen LogP contribution in [0, 0.1) is 0 Å². The van der Waals surface area contributed by atoms with Crippen molar-refractivity contribution in [1.82, 2.24) is 10.2 Å². The van der Waals surface area contributed by atoms with Crippen LogP contribution in [0.4, 0.5) is 0 Å². The second kappa shape index (κ2) is 5.94. The Labute approximate surface area is 123 Å².